The van der Waals surface area contributed by atoms with Gasteiger partial charge in [0.2, 0.25) is 11.8 Å². The molecule has 4 aromatic rings. The van der Waals surface area contributed by atoms with Crippen molar-refractivity contribution in [3.8, 4) is 11.4 Å². The number of carbonyl (C=O) groups is 3. The summed E-state index contributed by atoms with van der Waals surface area (Å²) < 4.78 is 8.73. The first-order valence-electron chi connectivity index (χ1n) is 25.1. The first-order chi connectivity index (χ1) is 32.1. The molecule has 2 aliphatic carbocycles. The number of benzene rings is 3. The van der Waals surface area contributed by atoms with Crippen molar-refractivity contribution in [3.63, 3.8) is 0 Å². The first-order valence-corrected chi connectivity index (χ1v) is 25.5. The van der Waals surface area contributed by atoms with E-state index < -0.39 is 6.04 Å². The van der Waals surface area contributed by atoms with Gasteiger partial charge in [0.1, 0.15) is 17.6 Å². The summed E-state index contributed by atoms with van der Waals surface area (Å²) in [6, 6.07) is 17.0. The number of halogens is 1. The molecule has 9 aliphatic rings. The third kappa shape index (κ3) is 6.32. The molecule has 0 bridgehead atoms. The van der Waals surface area contributed by atoms with Crippen molar-refractivity contribution in [1.29, 1.82) is 0 Å². The van der Waals surface area contributed by atoms with E-state index in [1.54, 1.807) is 11.0 Å². The second kappa shape index (κ2) is 15.4. The van der Waals surface area contributed by atoms with Crippen LogP contribution in [0.4, 0.5) is 5.69 Å². The van der Waals surface area contributed by atoms with E-state index in [-0.39, 0.29) is 40.5 Å². The number of imide groups is 1. The van der Waals surface area contributed by atoms with Crippen molar-refractivity contribution in [3.05, 3.63) is 92.0 Å². The minimum Gasteiger partial charge on any atom is -0.492 e. The summed E-state index contributed by atoms with van der Waals surface area (Å²) in [5, 5.41) is 3.40. The molecule has 4 saturated heterocycles. The van der Waals surface area contributed by atoms with Gasteiger partial charge < -0.3 is 19.4 Å². The van der Waals surface area contributed by atoms with Crippen molar-refractivity contribution in [2.45, 2.75) is 126 Å². The number of amides is 3. The first kappa shape index (κ1) is 41.4. The summed E-state index contributed by atoms with van der Waals surface area (Å²) in [5.74, 6) is 1.74. The van der Waals surface area contributed by atoms with Crippen molar-refractivity contribution < 1.29 is 19.1 Å². The van der Waals surface area contributed by atoms with Crippen LogP contribution in [0, 0.1) is 11.3 Å². The average molecular weight is 911 g/mol. The molecule has 13 rings (SSSR count). The van der Waals surface area contributed by atoms with Crippen molar-refractivity contribution >= 4 is 45.9 Å². The zero-order chi connectivity index (χ0) is 44.5. The predicted molar refractivity (Wildman–Crippen MR) is 253 cm³/mol. The Balaban J connectivity index is 0.604. The fourth-order valence-electron chi connectivity index (χ4n) is 14.6. The Morgan fingerprint density at radius 3 is 2.36 bits per heavy atom. The van der Waals surface area contributed by atoms with Crippen molar-refractivity contribution in [2.24, 2.45) is 11.3 Å². The molecule has 66 heavy (non-hydrogen) atoms. The Kier molecular flexibility index (Phi) is 9.64. The third-order valence-corrected chi connectivity index (χ3v) is 18.7. The summed E-state index contributed by atoms with van der Waals surface area (Å²) in [6.07, 6.45) is 16.1. The molecule has 13 heteroatoms. The van der Waals surface area contributed by atoms with E-state index in [4.69, 9.17) is 21.3 Å². The van der Waals surface area contributed by atoms with Gasteiger partial charge in [-0.25, -0.2) is 0 Å². The molecule has 0 radical (unpaired) electrons. The van der Waals surface area contributed by atoms with Gasteiger partial charge in [-0.05, 0) is 131 Å². The Bertz CT molecular complexity index is 2750. The van der Waals surface area contributed by atoms with Crippen LogP contribution in [0.1, 0.15) is 129 Å². The minimum atomic E-state index is -0.617. The Hall–Kier alpha value is -4.78. The van der Waals surface area contributed by atoms with Crippen LogP contribution in [-0.4, -0.2) is 106 Å². The molecule has 3 aromatic carbocycles. The molecular weight excluding hydrogens is 850 g/mol. The van der Waals surface area contributed by atoms with Gasteiger partial charge in [-0.1, -0.05) is 49.1 Å². The molecule has 6 fully saturated rings. The lowest BCUT2D eigenvalue weighted by atomic mass is 9.65. The number of piperidine rings is 3. The van der Waals surface area contributed by atoms with Gasteiger partial charge in [0, 0.05) is 73.0 Å². The zero-order valence-electron chi connectivity index (χ0n) is 37.9. The molecule has 3 spiro atoms. The smallest absolute Gasteiger partial charge is 0.282 e. The van der Waals surface area contributed by atoms with Gasteiger partial charge >= 0.3 is 0 Å². The van der Waals surface area contributed by atoms with E-state index in [9.17, 15) is 19.2 Å². The summed E-state index contributed by atoms with van der Waals surface area (Å²) in [6.45, 7) is 8.97. The Labute approximate surface area is 391 Å². The lowest BCUT2D eigenvalue weighted by molar-refractivity contribution is -0.136. The largest absolute Gasteiger partial charge is 0.492 e. The number of anilines is 1. The second-order valence-electron chi connectivity index (χ2n) is 21.9. The number of rotatable bonds is 5. The number of nitrogens with one attached hydrogen (secondary N) is 1. The van der Waals surface area contributed by atoms with E-state index in [0.717, 1.165) is 93.3 Å². The van der Waals surface area contributed by atoms with E-state index in [1.165, 1.54) is 87.1 Å². The number of aromatic nitrogens is 2. The molecule has 7 aliphatic heterocycles. The monoisotopic (exact) mass is 909 g/mol. The highest BCUT2D eigenvalue weighted by Crippen LogP contribution is 2.54. The highest BCUT2D eigenvalue weighted by Gasteiger charge is 2.51. The van der Waals surface area contributed by atoms with E-state index in [0.29, 0.717) is 47.0 Å². The molecule has 3 amide bonds. The van der Waals surface area contributed by atoms with Crippen molar-refractivity contribution in [2.75, 3.05) is 57.3 Å². The number of ether oxygens (including phenoxy) is 1. The second-order valence-corrected chi connectivity index (χ2v) is 22.3. The van der Waals surface area contributed by atoms with Crippen LogP contribution in [0.2, 0.25) is 5.02 Å². The molecule has 1 N–H and O–H groups in total. The Morgan fingerprint density at radius 1 is 0.818 bits per heavy atom. The van der Waals surface area contributed by atoms with Crippen LogP contribution in [0.15, 0.2) is 53.3 Å². The summed E-state index contributed by atoms with van der Waals surface area (Å²) in [7, 11) is 0. The van der Waals surface area contributed by atoms with Crippen LogP contribution in [-0.2, 0) is 27.0 Å². The van der Waals surface area contributed by atoms with Crippen molar-refractivity contribution in [1.82, 2.24) is 29.6 Å². The number of hydrogen-bond acceptors (Lipinski definition) is 9. The molecular formula is C53H60ClN7O5. The lowest BCUT2D eigenvalue weighted by Gasteiger charge is -2.57. The van der Waals surface area contributed by atoms with Gasteiger partial charge in [0.05, 0.1) is 40.2 Å². The van der Waals surface area contributed by atoms with E-state index in [1.807, 2.05) is 18.2 Å². The lowest BCUT2D eigenvalue weighted by Crippen LogP contribution is -2.62. The number of hydrogen-bond donors (Lipinski definition) is 1. The van der Waals surface area contributed by atoms with Crippen LogP contribution in [0.5, 0.6) is 5.75 Å². The standard InChI is InChI=1S/C53H60ClN7O5/c54-40-5-4-6-41-45(40)48(64)56-50-53(17-2-1-3-18-53)38-9-7-35(27-43(38)61(41)50)58-23-15-34(16-24-58)59-30-51(31-59)19-13-33(14-20-51)28-57-25-21-52(22-26-57)32-66-46-37-29-60(42-11-12-44(62)55-47(42)63)49(65)36(37)8-10-39(46)52/h4-10,27,33-34,42H,1-3,11-26,28-32H2,(H,55,62,63)/t42-/m0/s1. The van der Waals surface area contributed by atoms with Gasteiger partial charge in [0.15, 0.2) is 0 Å². The van der Waals surface area contributed by atoms with E-state index in [2.05, 4.69) is 48.8 Å². The Morgan fingerprint density at radius 2 is 1.59 bits per heavy atom. The fourth-order valence-corrected chi connectivity index (χ4v) is 14.9. The van der Waals surface area contributed by atoms with Crippen LogP contribution in [0.25, 0.3) is 16.6 Å². The maximum absolute atomic E-state index is 13.4. The number of fused-ring (bicyclic) bond motifs is 11. The minimum absolute atomic E-state index is 0.0233. The quantitative estimate of drug-likeness (QED) is 0.207. The maximum atomic E-state index is 13.4. The fraction of sp³-hybridized carbons (Fsp3) is 0.566. The highest BCUT2D eigenvalue weighted by molar-refractivity contribution is 6.35. The van der Waals surface area contributed by atoms with Gasteiger partial charge in [0.25, 0.3) is 11.5 Å². The molecule has 344 valence electrons. The van der Waals surface area contributed by atoms with Crippen LogP contribution in [0.3, 0.4) is 0 Å². The maximum Gasteiger partial charge on any atom is 0.282 e. The number of carbonyl (C=O) groups excluding carboxylic acids is 3. The molecule has 2 saturated carbocycles. The van der Waals surface area contributed by atoms with E-state index >= 15 is 0 Å². The predicted octanol–water partition coefficient (Wildman–Crippen LogP) is 7.25. The SMILES string of the molecule is O=C1CC[C@H](N2Cc3c(ccc4c3OCC43CCN(CC4CCC5(CC4)CN(C4CCN(c6ccc7c(c6)-n6c(nc(=O)c8c(Cl)cccc86)C76CCCCC6)CC4)C5)CC3)C2=O)C(=O)N1. The summed E-state index contributed by atoms with van der Waals surface area (Å²) >= 11 is 6.64. The van der Waals surface area contributed by atoms with Crippen LogP contribution >= 0.6 is 11.6 Å². The van der Waals surface area contributed by atoms with Crippen LogP contribution < -0.4 is 20.5 Å². The van der Waals surface area contributed by atoms with Gasteiger partial charge in [-0.2, -0.15) is 4.98 Å². The third-order valence-electron chi connectivity index (χ3n) is 18.4. The summed E-state index contributed by atoms with van der Waals surface area (Å²) in [4.78, 5) is 65.8. The molecule has 1 aromatic heterocycles. The molecule has 0 unspecified atom stereocenters. The van der Waals surface area contributed by atoms with Gasteiger partial charge in [-0.3, -0.25) is 34.0 Å². The summed E-state index contributed by atoms with van der Waals surface area (Å²) in [5.41, 5.74) is 7.47. The average Bonchev–Trinajstić information content (AvgIpc) is 3.94. The zero-order valence-corrected chi connectivity index (χ0v) is 38.7. The molecule has 1 atom stereocenters. The number of likely N-dealkylation sites (tertiary alicyclic amines) is 2. The normalized spacial score (nSPS) is 25.8. The molecule has 8 heterocycles. The number of nitrogens with zero attached hydrogens (tertiary/aromatic N) is 6. The topological polar surface area (TPSA) is 120 Å². The molecule has 12 nitrogen and oxygen atoms in total. The van der Waals surface area contributed by atoms with Gasteiger partial charge in [-0.15, -0.1) is 0 Å². The highest BCUT2D eigenvalue weighted by atomic mass is 35.5.